The van der Waals surface area contributed by atoms with Crippen LogP contribution >= 0.6 is 0 Å². The molecule has 0 saturated heterocycles. The Kier molecular flexibility index (Phi) is 7.89. The third-order valence-electron chi connectivity index (χ3n) is 7.88. The van der Waals surface area contributed by atoms with Crippen LogP contribution in [0.5, 0.6) is 11.5 Å². The van der Waals surface area contributed by atoms with Gasteiger partial charge in [0.15, 0.2) is 0 Å². The zero-order chi connectivity index (χ0) is 22.3. The first-order chi connectivity index (χ1) is 15.7. The molecule has 0 aliphatic heterocycles. The van der Waals surface area contributed by atoms with Gasteiger partial charge in [0.25, 0.3) is 0 Å². The van der Waals surface area contributed by atoms with E-state index in [1.165, 1.54) is 62.5 Å². The Bertz CT molecular complexity index is 806. The average Bonchev–Trinajstić information content (AvgIpc) is 3.56. The Morgan fingerprint density at radius 3 is 1.53 bits per heavy atom. The first kappa shape index (κ1) is 22.9. The Balaban J connectivity index is 1.54. The molecule has 0 amide bonds. The van der Waals surface area contributed by atoms with Crippen molar-refractivity contribution >= 4 is 5.78 Å². The maximum absolute atomic E-state index is 13.6. The summed E-state index contributed by atoms with van der Waals surface area (Å²) >= 11 is 0. The maximum atomic E-state index is 13.6. The molecule has 4 rings (SSSR count). The average molecular weight is 435 g/mol. The zero-order valence-electron chi connectivity index (χ0n) is 19.7. The van der Waals surface area contributed by atoms with Crippen molar-refractivity contribution in [1.82, 2.24) is 0 Å². The summed E-state index contributed by atoms with van der Waals surface area (Å²) in [6.07, 6.45) is 11.4. The van der Waals surface area contributed by atoms with Crippen LogP contribution in [0.25, 0.3) is 0 Å². The highest BCUT2D eigenvalue weighted by Gasteiger charge is 2.32. The summed E-state index contributed by atoms with van der Waals surface area (Å²) < 4.78 is 11.0. The Morgan fingerprint density at radius 1 is 0.750 bits per heavy atom. The summed E-state index contributed by atoms with van der Waals surface area (Å²) in [5.41, 5.74) is 2.53. The van der Waals surface area contributed by atoms with Gasteiger partial charge in [-0.2, -0.15) is 0 Å². The van der Waals surface area contributed by atoms with Gasteiger partial charge in [-0.15, -0.1) is 0 Å². The van der Waals surface area contributed by atoms with E-state index in [2.05, 4.69) is 36.4 Å². The van der Waals surface area contributed by atoms with E-state index >= 15 is 0 Å². The number of Topliss-reactive ketones (excluding diaryl/α,β-unsaturated/α-hetero) is 1. The Morgan fingerprint density at radius 2 is 1.16 bits per heavy atom. The molecule has 0 radical (unpaired) electrons. The van der Waals surface area contributed by atoms with Crippen LogP contribution < -0.4 is 9.47 Å². The summed E-state index contributed by atoms with van der Waals surface area (Å²) in [7, 11) is 3.43. The van der Waals surface area contributed by atoms with Crippen molar-refractivity contribution in [3.05, 3.63) is 59.7 Å². The topological polar surface area (TPSA) is 35.5 Å². The second-order valence-corrected chi connectivity index (χ2v) is 9.80. The van der Waals surface area contributed by atoms with E-state index in [0.717, 1.165) is 11.5 Å². The predicted octanol–water partition coefficient (Wildman–Crippen LogP) is 7.30. The molecule has 0 heterocycles. The third kappa shape index (κ3) is 5.54. The number of hydrogen-bond acceptors (Lipinski definition) is 3. The fraction of sp³-hybridized carbons (Fsp3) is 0.552. The summed E-state index contributed by atoms with van der Waals surface area (Å²) in [6, 6.07) is 16.8. The fourth-order valence-corrected chi connectivity index (χ4v) is 6.15. The molecule has 32 heavy (non-hydrogen) atoms. The molecule has 172 valence electrons. The monoisotopic (exact) mass is 434 g/mol. The molecular weight excluding hydrogens is 396 g/mol. The van der Waals surface area contributed by atoms with Crippen LogP contribution in [0.2, 0.25) is 0 Å². The quantitative estimate of drug-likeness (QED) is 0.393. The minimum absolute atomic E-state index is 0.301. The number of hydrogen-bond donors (Lipinski definition) is 0. The first-order valence-electron chi connectivity index (χ1n) is 12.5. The van der Waals surface area contributed by atoms with E-state index in [4.69, 9.17) is 9.47 Å². The Labute approximate surface area is 193 Å². The van der Waals surface area contributed by atoms with Crippen molar-refractivity contribution in [2.24, 2.45) is 11.8 Å². The first-order valence-corrected chi connectivity index (χ1v) is 12.5. The van der Waals surface area contributed by atoms with Crippen LogP contribution in [-0.4, -0.2) is 20.0 Å². The molecule has 0 aromatic heterocycles. The number of rotatable bonds is 10. The normalized spacial score (nSPS) is 19.1. The van der Waals surface area contributed by atoms with Gasteiger partial charge >= 0.3 is 0 Å². The summed E-state index contributed by atoms with van der Waals surface area (Å²) in [5.74, 6) is 3.99. The summed E-state index contributed by atoms with van der Waals surface area (Å²) in [6.45, 7) is 0. The van der Waals surface area contributed by atoms with Crippen LogP contribution in [0.4, 0.5) is 0 Å². The van der Waals surface area contributed by atoms with Gasteiger partial charge in [-0.1, -0.05) is 49.9 Å². The van der Waals surface area contributed by atoms with Gasteiger partial charge in [0.1, 0.15) is 17.3 Å². The predicted molar refractivity (Wildman–Crippen MR) is 130 cm³/mol. The van der Waals surface area contributed by atoms with Crippen molar-refractivity contribution in [3.8, 4) is 11.5 Å². The molecule has 2 aromatic carbocycles. The standard InChI is InChI=1S/C29H38O3/c1-31-26-15-7-13-23(17-26)28(21-9-3-4-10-21)19-25(30)20-29(22-11-5-6-12-22)24-14-8-16-27(18-24)32-2/h7-8,13-18,21-22,28-29H,3-6,9-12,19-20H2,1-2H3/t28-,29-/m0/s1. The van der Waals surface area contributed by atoms with E-state index in [-0.39, 0.29) is 0 Å². The van der Waals surface area contributed by atoms with Gasteiger partial charge in [-0.05, 0) is 84.7 Å². The van der Waals surface area contributed by atoms with Crippen molar-refractivity contribution in [3.63, 3.8) is 0 Å². The molecule has 2 saturated carbocycles. The van der Waals surface area contributed by atoms with Crippen molar-refractivity contribution in [2.75, 3.05) is 14.2 Å². The fourth-order valence-electron chi connectivity index (χ4n) is 6.15. The van der Waals surface area contributed by atoms with Crippen molar-refractivity contribution in [1.29, 1.82) is 0 Å². The van der Waals surface area contributed by atoms with Crippen LogP contribution in [0.3, 0.4) is 0 Å². The van der Waals surface area contributed by atoms with Gasteiger partial charge < -0.3 is 9.47 Å². The lowest BCUT2D eigenvalue weighted by Crippen LogP contribution is -2.19. The molecule has 3 heteroatoms. The smallest absolute Gasteiger partial charge is 0.134 e. The molecule has 0 N–H and O–H groups in total. The number of ketones is 1. The molecular formula is C29H38O3. The SMILES string of the molecule is COc1cccc([C@@H](CC(=O)C[C@H](c2cccc(OC)c2)C2CCCC2)C2CCCC2)c1. The summed E-state index contributed by atoms with van der Waals surface area (Å²) in [5, 5.41) is 0. The minimum atomic E-state index is 0.301. The lowest BCUT2D eigenvalue weighted by atomic mass is 9.77. The molecule has 2 aliphatic carbocycles. The molecule has 2 atom stereocenters. The highest BCUT2D eigenvalue weighted by Crippen LogP contribution is 2.43. The molecule has 2 fully saturated rings. The molecule has 0 unspecified atom stereocenters. The minimum Gasteiger partial charge on any atom is -0.497 e. The number of ether oxygens (including phenoxy) is 2. The summed E-state index contributed by atoms with van der Waals surface area (Å²) in [4.78, 5) is 13.6. The van der Waals surface area contributed by atoms with Crippen molar-refractivity contribution < 1.29 is 14.3 Å². The molecule has 3 nitrogen and oxygen atoms in total. The van der Waals surface area contributed by atoms with Gasteiger partial charge in [0.2, 0.25) is 0 Å². The number of benzene rings is 2. The van der Waals surface area contributed by atoms with Crippen LogP contribution in [0.15, 0.2) is 48.5 Å². The molecule has 2 aliphatic rings. The third-order valence-corrected chi connectivity index (χ3v) is 7.88. The zero-order valence-corrected chi connectivity index (χ0v) is 19.7. The maximum Gasteiger partial charge on any atom is 0.134 e. The van der Waals surface area contributed by atoms with E-state index in [9.17, 15) is 4.79 Å². The van der Waals surface area contributed by atoms with Gasteiger partial charge in [0, 0.05) is 12.8 Å². The van der Waals surface area contributed by atoms with Gasteiger partial charge in [-0.25, -0.2) is 0 Å². The number of methoxy groups -OCH3 is 2. The van der Waals surface area contributed by atoms with Crippen LogP contribution in [0.1, 0.15) is 87.2 Å². The van der Waals surface area contributed by atoms with E-state index < -0.39 is 0 Å². The highest BCUT2D eigenvalue weighted by molar-refractivity contribution is 5.80. The second-order valence-electron chi connectivity index (χ2n) is 9.80. The number of carbonyl (C=O) groups excluding carboxylic acids is 1. The van der Waals surface area contributed by atoms with Crippen LogP contribution in [-0.2, 0) is 4.79 Å². The van der Waals surface area contributed by atoms with E-state index in [0.29, 0.717) is 42.3 Å². The van der Waals surface area contributed by atoms with Crippen LogP contribution in [0, 0.1) is 11.8 Å². The lowest BCUT2D eigenvalue weighted by Gasteiger charge is -2.27. The van der Waals surface area contributed by atoms with Gasteiger partial charge in [-0.3, -0.25) is 4.79 Å². The van der Waals surface area contributed by atoms with Gasteiger partial charge in [0.05, 0.1) is 14.2 Å². The Hall–Kier alpha value is -2.29. The number of carbonyl (C=O) groups is 1. The lowest BCUT2D eigenvalue weighted by molar-refractivity contribution is -0.120. The van der Waals surface area contributed by atoms with E-state index in [1.807, 2.05) is 12.1 Å². The highest BCUT2D eigenvalue weighted by atomic mass is 16.5. The molecule has 0 bridgehead atoms. The molecule has 2 aromatic rings. The largest absolute Gasteiger partial charge is 0.497 e. The molecule has 0 spiro atoms. The second kappa shape index (κ2) is 11.0. The van der Waals surface area contributed by atoms with Crippen molar-refractivity contribution in [2.45, 2.75) is 76.0 Å². The van der Waals surface area contributed by atoms with E-state index in [1.54, 1.807) is 14.2 Å².